The van der Waals surface area contributed by atoms with Gasteiger partial charge >= 0.3 is 5.97 Å². The lowest BCUT2D eigenvalue weighted by molar-refractivity contribution is -0.134. The van der Waals surface area contributed by atoms with E-state index in [9.17, 15) is 18.5 Å². The number of esters is 1. The summed E-state index contributed by atoms with van der Waals surface area (Å²) < 4.78 is 35.9. The molecular weight excluding hydrogens is 366 g/mol. The van der Waals surface area contributed by atoms with E-state index in [1.807, 2.05) is 0 Å². The van der Waals surface area contributed by atoms with Gasteiger partial charge in [-0.15, -0.1) is 0 Å². The molecule has 0 unspecified atom stereocenters. The number of hydrogen-bond acceptors (Lipinski definition) is 6. The molecule has 0 aliphatic rings. The van der Waals surface area contributed by atoms with E-state index in [1.165, 1.54) is 30.3 Å². The van der Waals surface area contributed by atoms with E-state index in [-0.39, 0.29) is 17.1 Å². The molecule has 27 heavy (non-hydrogen) atoms. The molecule has 0 aromatic heterocycles. The average Bonchev–Trinajstić information content (AvgIpc) is 2.68. The van der Waals surface area contributed by atoms with Crippen molar-refractivity contribution in [1.82, 2.24) is 0 Å². The number of carbonyl (C=O) groups excluding carboxylic acids is 1. The normalized spacial score (nSPS) is 11.5. The summed E-state index contributed by atoms with van der Waals surface area (Å²) in [4.78, 5) is 11.2. The predicted molar refractivity (Wildman–Crippen MR) is 101 cm³/mol. The number of ether oxygens (including phenoxy) is 2. The molecule has 0 saturated heterocycles. The predicted octanol–water partition coefficient (Wildman–Crippen LogP) is 3.74. The van der Waals surface area contributed by atoms with Gasteiger partial charge in [-0.3, -0.25) is 4.79 Å². The molecule has 0 fully saturated rings. The molecular formula is C20H19NO5S. The monoisotopic (exact) mass is 385 g/mol. The second-order valence-corrected chi connectivity index (χ2v) is 7.32. The van der Waals surface area contributed by atoms with Crippen molar-refractivity contribution in [1.29, 1.82) is 5.26 Å². The van der Waals surface area contributed by atoms with Crippen molar-refractivity contribution in [3.05, 3.63) is 59.0 Å². The summed E-state index contributed by atoms with van der Waals surface area (Å²) in [5, 5.41) is 9.36. The first-order valence-corrected chi connectivity index (χ1v) is 9.80. The molecule has 7 heteroatoms. The van der Waals surface area contributed by atoms with Gasteiger partial charge in [-0.1, -0.05) is 31.2 Å². The van der Waals surface area contributed by atoms with Crippen molar-refractivity contribution in [2.75, 3.05) is 6.61 Å². The van der Waals surface area contributed by atoms with Crippen molar-refractivity contribution in [2.24, 2.45) is 0 Å². The van der Waals surface area contributed by atoms with Crippen LogP contribution in [0, 0.1) is 11.3 Å². The highest BCUT2D eigenvalue weighted by atomic mass is 32.2. The summed E-state index contributed by atoms with van der Waals surface area (Å²) >= 11 is 0. The summed E-state index contributed by atoms with van der Waals surface area (Å²) in [7, 11) is -3.93. The van der Waals surface area contributed by atoms with E-state index in [0.29, 0.717) is 17.9 Å². The maximum atomic E-state index is 12.6. The Morgan fingerprint density at radius 2 is 1.81 bits per heavy atom. The van der Waals surface area contributed by atoms with Gasteiger partial charge in [0.25, 0.3) is 0 Å². The average molecular weight is 385 g/mol. The third kappa shape index (κ3) is 4.96. The summed E-state index contributed by atoms with van der Waals surface area (Å²) in [6.45, 7) is 3.78. The number of nitrogens with zero attached hydrogens (tertiary/aromatic N) is 1. The van der Waals surface area contributed by atoms with Crippen molar-refractivity contribution >= 4 is 21.9 Å². The smallest absolute Gasteiger partial charge is 0.311 e. The van der Waals surface area contributed by atoms with Crippen molar-refractivity contribution in [3.63, 3.8) is 0 Å². The van der Waals surface area contributed by atoms with Crippen molar-refractivity contribution in [2.45, 2.75) is 25.2 Å². The Morgan fingerprint density at radius 1 is 1.11 bits per heavy atom. The van der Waals surface area contributed by atoms with Crippen LogP contribution in [0.25, 0.3) is 6.08 Å². The molecule has 140 valence electrons. The molecule has 2 rings (SSSR count). The van der Waals surface area contributed by atoms with Gasteiger partial charge in [-0.25, -0.2) is 8.42 Å². The highest BCUT2D eigenvalue weighted by Crippen LogP contribution is 2.30. The second kappa shape index (κ2) is 9.01. The molecule has 6 nitrogen and oxygen atoms in total. The van der Waals surface area contributed by atoms with Gasteiger partial charge in [-0.05, 0) is 42.8 Å². The zero-order valence-electron chi connectivity index (χ0n) is 15.0. The van der Waals surface area contributed by atoms with E-state index in [2.05, 4.69) is 0 Å². The molecule has 0 spiro atoms. The van der Waals surface area contributed by atoms with Crippen molar-refractivity contribution < 1.29 is 22.7 Å². The zero-order chi connectivity index (χ0) is 19.9. The molecule has 0 aliphatic heterocycles. The third-order valence-electron chi connectivity index (χ3n) is 3.53. The topological polar surface area (TPSA) is 93.5 Å². The number of nitriles is 1. The van der Waals surface area contributed by atoms with Crippen LogP contribution in [0.4, 0.5) is 0 Å². The van der Waals surface area contributed by atoms with Gasteiger partial charge in [-0.2, -0.15) is 5.26 Å². The van der Waals surface area contributed by atoms with Crippen molar-refractivity contribution in [3.8, 4) is 17.6 Å². The summed E-state index contributed by atoms with van der Waals surface area (Å²) in [5.74, 6) is 0.122. The maximum absolute atomic E-state index is 12.6. The van der Waals surface area contributed by atoms with E-state index in [4.69, 9.17) is 9.47 Å². The SMILES string of the molecule is CCOc1cc(/C=C(\C#N)S(=O)(=O)c2ccccc2)ccc1OC(=O)CC. The first-order valence-electron chi connectivity index (χ1n) is 8.31. The highest BCUT2D eigenvalue weighted by molar-refractivity contribution is 7.95. The molecule has 0 radical (unpaired) electrons. The number of sulfone groups is 1. The van der Waals surface area contributed by atoms with Crippen LogP contribution in [0.3, 0.4) is 0 Å². The Kier molecular flexibility index (Phi) is 6.74. The molecule has 0 aliphatic carbocycles. The Labute approximate surface area is 158 Å². The fraction of sp³-hybridized carbons (Fsp3) is 0.200. The molecule has 0 saturated carbocycles. The van der Waals surface area contributed by atoms with Crippen LogP contribution in [-0.2, 0) is 14.6 Å². The molecule has 0 bridgehead atoms. The van der Waals surface area contributed by atoms with Crippen LogP contribution in [-0.4, -0.2) is 21.0 Å². The van der Waals surface area contributed by atoms with Gasteiger partial charge in [0.15, 0.2) is 11.5 Å². The van der Waals surface area contributed by atoms with E-state index in [0.717, 1.165) is 0 Å². The quantitative estimate of drug-likeness (QED) is 0.409. The van der Waals surface area contributed by atoms with Gasteiger partial charge < -0.3 is 9.47 Å². The van der Waals surface area contributed by atoms with Gasteiger partial charge in [0.05, 0.1) is 11.5 Å². The van der Waals surface area contributed by atoms with Crippen LogP contribution in [0.15, 0.2) is 58.3 Å². The third-order valence-corrected chi connectivity index (χ3v) is 5.21. The standard InChI is InChI=1S/C20H19NO5S/c1-3-20(22)26-18-11-10-15(13-19(18)25-4-2)12-17(14-21)27(23,24)16-8-6-5-7-9-16/h5-13H,3-4H2,1-2H3/b17-12+. The Morgan fingerprint density at radius 3 is 2.41 bits per heavy atom. The largest absolute Gasteiger partial charge is 0.490 e. The van der Waals surface area contributed by atoms with E-state index < -0.39 is 20.7 Å². The number of benzene rings is 2. The van der Waals surface area contributed by atoms with Gasteiger partial charge in [0.2, 0.25) is 9.84 Å². The lowest BCUT2D eigenvalue weighted by atomic mass is 10.2. The van der Waals surface area contributed by atoms with E-state index in [1.54, 1.807) is 44.2 Å². The number of rotatable bonds is 7. The number of carbonyl (C=O) groups is 1. The molecule has 0 heterocycles. The molecule has 0 N–H and O–H groups in total. The van der Waals surface area contributed by atoms with Gasteiger partial charge in [0.1, 0.15) is 11.0 Å². The molecule has 0 amide bonds. The van der Waals surface area contributed by atoms with Gasteiger partial charge in [0, 0.05) is 6.42 Å². The Bertz CT molecular complexity index is 989. The van der Waals surface area contributed by atoms with E-state index >= 15 is 0 Å². The van der Waals surface area contributed by atoms with Crippen LogP contribution in [0.5, 0.6) is 11.5 Å². The molecule has 0 atom stereocenters. The molecule has 2 aromatic carbocycles. The van der Waals surface area contributed by atoms with Crippen LogP contribution >= 0.6 is 0 Å². The van der Waals surface area contributed by atoms with Crippen LogP contribution in [0.2, 0.25) is 0 Å². The highest BCUT2D eigenvalue weighted by Gasteiger charge is 2.20. The minimum Gasteiger partial charge on any atom is -0.490 e. The lowest BCUT2D eigenvalue weighted by Gasteiger charge is -2.11. The zero-order valence-corrected chi connectivity index (χ0v) is 15.8. The summed E-state index contributed by atoms with van der Waals surface area (Å²) in [5.41, 5.74) is 0.436. The number of allylic oxidation sites excluding steroid dienone is 1. The molecule has 2 aromatic rings. The summed E-state index contributed by atoms with van der Waals surface area (Å²) in [6.07, 6.45) is 1.47. The summed E-state index contributed by atoms with van der Waals surface area (Å²) in [6, 6.07) is 14.1. The first kappa shape index (κ1) is 20.2. The second-order valence-electron chi connectivity index (χ2n) is 5.40. The minimum atomic E-state index is -3.93. The number of hydrogen-bond donors (Lipinski definition) is 0. The fourth-order valence-corrected chi connectivity index (χ4v) is 3.39. The Balaban J connectivity index is 2.45. The van der Waals surface area contributed by atoms with Crippen LogP contribution < -0.4 is 9.47 Å². The minimum absolute atomic E-state index is 0.0383. The maximum Gasteiger partial charge on any atom is 0.311 e. The first-order chi connectivity index (χ1) is 12.9. The lowest BCUT2D eigenvalue weighted by Crippen LogP contribution is -2.07. The Hall–Kier alpha value is -3.11. The fourth-order valence-electron chi connectivity index (χ4n) is 2.21. The van der Waals surface area contributed by atoms with Crippen LogP contribution in [0.1, 0.15) is 25.8 Å².